The van der Waals surface area contributed by atoms with Crippen molar-refractivity contribution in [2.45, 2.75) is 18.9 Å². The van der Waals surface area contributed by atoms with Crippen molar-refractivity contribution in [3.05, 3.63) is 91.9 Å². The molecule has 0 atom stereocenters. The van der Waals surface area contributed by atoms with Gasteiger partial charge in [-0.15, -0.1) is 0 Å². The smallest absolute Gasteiger partial charge is 0.211 e. The Bertz CT molecular complexity index is 1310. The van der Waals surface area contributed by atoms with Crippen molar-refractivity contribution in [1.29, 1.82) is 0 Å². The van der Waals surface area contributed by atoms with Crippen LogP contribution in [-0.4, -0.2) is 19.1 Å². The number of para-hydroxylation sites is 2. The highest BCUT2D eigenvalue weighted by Gasteiger charge is 2.25. The standard InChI is InChI=1S/C24H20N5/c1-2-7-23-22(6-1)26-17-29(23)20-10-12-27(13-11-20)21-5-3-4-18(14-21)24-15-25-16-28(24)19-8-9-19/h1-7,10-17,19H,8-9H2/q+1. The molecule has 1 aliphatic carbocycles. The van der Waals surface area contributed by atoms with E-state index in [1.54, 1.807) is 0 Å². The molecule has 0 unspecified atom stereocenters. The lowest BCUT2D eigenvalue weighted by atomic mass is 10.1. The average Bonchev–Trinajstić information content (AvgIpc) is 3.34. The molecule has 0 amide bonds. The van der Waals surface area contributed by atoms with Crippen LogP contribution in [0.4, 0.5) is 0 Å². The summed E-state index contributed by atoms with van der Waals surface area (Å²) in [7, 11) is 0. The van der Waals surface area contributed by atoms with Gasteiger partial charge in [-0.2, -0.15) is 4.57 Å². The highest BCUT2D eigenvalue weighted by Crippen LogP contribution is 2.38. The van der Waals surface area contributed by atoms with E-state index in [-0.39, 0.29) is 0 Å². The molecule has 3 aromatic heterocycles. The fourth-order valence-electron chi connectivity index (χ4n) is 3.91. The molecule has 1 fully saturated rings. The first kappa shape index (κ1) is 16.2. The van der Waals surface area contributed by atoms with Crippen molar-refractivity contribution in [2.24, 2.45) is 0 Å². The van der Waals surface area contributed by atoms with Crippen LogP contribution in [0.3, 0.4) is 0 Å². The van der Waals surface area contributed by atoms with Crippen LogP contribution in [-0.2, 0) is 0 Å². The van der Waals surface area contributed by atoms with Gasteiger partial charge in [-0.3, -0.25) is 4.57 Å². The van der Waals surface area contributed by atoms with Crippen LogP contribution in [0.1, 0.15) is 18.9 Å². The summed E-state index contributed by atoms with van der Waals surface area (Å²) in [4.78, 5) is 8.87. The molecular formula is C24H20N5+. The lowest BCUT2D eigenvalue weighted by Crippen LogP contribution is -2.29. The van der Waals surface area contributed by atoms with Crippen LogP contribution in [0.5, 0.6) is 0 Å². The van der Waals surface area contributed by atoms with Gasteiger partial charge < -0.3 is 4.57 Å². The molecule has 0 saturated heterocycles. The third-order valence-electron chi connectivity index (χ3n) is 5.59. The molecule has 6 rings (SSSR count). The van der Waals surface area contributed by atoms with Crippen molar-refractivity contribution in [3.8, 4) is 22.6 Å². The van der Waals surface area contributed by atoms with E-state index in [0.717, 1.165) is 22.4 Å². The van der Waals surface area contributed by atoms with Crippen molar-refractivity contribution >= 4 is 11.0 Å². The number of pyridine rings is 1. The largest absolute Gasteiger partial charge is 0.328 e. The van der Waals surface area contributed by atoms with Gasteiger partial charge in [-0.25, -0.2) is 9.97 Å². The second-order valence-electron chi connectivity index (χ2n) is 7.53. The molecule has 0 spiro atoms. The van der Waals surface area contributed by atoms with Crippen molar-refractivity contribution in [3.63, 3.8) is 0 Å². The minimum Gasteiger partial charge on any atom is -0.328 e. The Morgan fingerprint density at radius 3 is 2.62 bits per heavy atom. The van der Waals surface area contributed by atoms with E-state index in [1.807, 2.05) is 37.1 Å². The van der Waals surface area contributed by atoms with Gasteiger partial charge in [0.15, 0.2) is 12.4 Å². The van der Waals surface area contributed by atoms with Crippen LogP contribution in [0.2, 0.25) is 0 Å². The van der Waals surface area contributed by atoms with Gasteiger partial charge in [0.25, 0.3) is 0 Å². The van der Waals surface area contributed by atoms with E-state index in [2.05, 4.69) is 78.5 Å². The predicted octanol–water partition coefficient (Wildman–Crippen LogP) is 4.50. The molecular weight excluding hydrogens is 358 g/mol. The molecule has 0 aliphatic heterocycles. The van der Waals surface area contributed by atoms with Gasteiger partial charge in [-0.05, 0) is 25.0 Å². The SMILES string of the molecule is c1cc(-c2cncn2C2CC2)cc(-[n+]2ccc(-n3cnc4ccccc43)cc2)c1. The zero-order valence-corrected chi connectivity index (χ0v) is 15.9. The van der Waals surface area contributed by atoms with E-state index in [1.165, 1.54) is 24.1 Å². The summed E-state index contributed by atoms with van der Waals surface area (Å²) in [5.41, 5.74) is 6.73. The summed E-state index contributed by atoms with van der Waals surface area (Å²) < 4.78 is 6.56. The predicted molar refractivity (Wildman–Crippen MR) is 112 cm³/mol. The fourth-order valence-corrected chi connectivity index (χ4v) is 3.91. The molecule has 5 nitrogen and oxygen atoms in total. The molecule has 2 aromatic carbocycles. The molecule has 0 bridgehead atoms. The van der Waals surface area contributed by atoms with Crippen molar-refractivity contribution in [2.75, 3.05) is 0 Å². The third kappa shape index (κ3) is 2.83. The van der Waals surface area contributed by atoms with Gasteiger partial charge in [-0.1, -0.05) is 24.3 Å². The molecule has 29 heavy (non-hydrogen) atoms. The molecule has 3 heterocycles. The number of aromatic nitrogens is 5. The van der Waals surface area contributed by atoms with Crippen LogP contribution in [0.15, 0.2) is 91.9 Å². The van der Waals surface area contributed by atoms with Crippen molar-refractivity contribution < 1.29 is 4.57 Å². The Morgan fingerprint density at radius 1 is 0.897 bits per heavy atom. The van der Waals surface area contributed by atoms with Crippen LogP contribution in [0, 0.1) is 0 Å². The van der Waals surface area contributed by atoms with Gasteiger partial charge in [0.2, 0.25) is 5.69 Å². The number of fused-ring (bicyclic) bond motifs is 1. The maximum absolute atomic E-state index is 4.49. The lowest BCUT2D eigenvalue weighted by Gasteiger charge is -2.07. The minimum atomic E-state index is 0.619. The lowest BCUT2D eigenvalue weighted by molar-refractivity contribution is -0.595. The topological polar surface area (TPSA) is 39.5 Å². The molecule has 5 aromatic rings. The number of rotatable bonds is 4. The summed E-state index contributed by atoms with van der Waals surface area (Å²) in [6.07, 6.45) is 12.5. The Hall–Kier alpha value is -3.73. The Balaban J connectivity index is 1.35. The van der Waals surface area contributed by atoms with Crippen LogP contribution in [0.25, 0.3) is 33.7 Å². The van der Waals surface area contributed by atoms with E-state index in [0.29, 0.717) is 6.04 Å². The van der Waals surface area contributed by atoms with E-state index in [9.17, 15) is 0 Å². The summed E-state index contributed by atoms with van der Waals surface area (Å²) in [5, 5.41) is 0. The van der Waals surface area contributed by atoms with E-state index >= 15 is 0 Å². The molecule has 0 N–H and O–H groups in total. The third-order valence-corrected chi connectivity index (χ3v) is 5.59. The first-order chi connectivity index (χ1) is 14.4. The Labute approximate surface area is 168 Å². The molecule has 1 saturated carbocycles. The maximum atomic E-state index is 4.49. The average molecular weight is 378 g/mol. The van der Waals surface area contributed by atoms with Crippen LogP contribution < -0.4 is 4.57 Å². The monoisotopic (exact) mass is 378 g/mol. The zero-order valence-electron chi connectivity index (χ0n) is 15.9. The summed E-state index contributed by atoms with van der Waals surface area (Å²) in [6.45, 7) is 0. The minimum absolute atomic E-state index is 0.619. The van der Waals surface area contributed by atoms with Crippen molar-refractivity contribution in [1.82, 2.24) is 19.1 Å². The second kappa shape index (κ2) is 6.41. The Morgan fingerprint density at radius 2 is 1.76 bits per heavy atom. The number of imidazole rings is 2. The van der Waals surface area contributed by atoms with E-state index in [4.69, 9.17) is 0 Å². The maximum Gasteiger partial charge on any atom is 0.211 e. The van der Waals surface area contributed by atoms with Gasteiger partial charge in [0.05, 0.1) is 34.9 Å². The zero-order chi connectivity index (χ0) is 19.2. The number of hydrogen-bond acceptors (Lipinski definition) is 2. The highest BCUT2D eigenvalue weighted by molar-refractivity contribution is 5.77. The first-order valence-corrected chi connectivity index (χ1v) is 9.93. The number of nitrogens with zero attached hydrogens (tertiary/aromatic N) is 5. The second-order valence-corrected chi connectivity index (χ2v) is 7.53. The molecule has 1 aliphatic rings. The van der Waals surface area contributed by atoms with E-state index < -0.39 is 0 Å². The quantitative estimate of drug-likeness (QED) is 0.432. The summed E-state index contributed by atoms with van der Waals surface area (Å²) in [6, 6.07) is 21.7. The van der Waals surface area contributed by atoms with Crippen LogP contribution >= 0.6 is 0 Å². The molecule has 0 radical (unpaired) electrons. The normalized spacial score (nSPS) is 13.8. The van der Waals surface area contributed by atoms with Gasteiger partial charge >= 0.3 is 0 Å². The number of benzene rings is 2. The van der Waals surface area contributed by atoms with Gasteiger partial charge in [0, 0.05) is 35.9 Å². The first-order valence-electron chi connectivity index (χ1n) is 9.93. The fraction of sp³-hybridized carbons (Fsp3) is 0.125. The summed E-state index contributed by atoms with van der Waals surface area (Å²) >= 11 is 0. The molecule has 140 valence electrons. The Kier molecular flexibility index (Phi) is 3.59. The van der Waals surface area contributed by atoms with Gasteiger partial charge in [0.1, 0.15) is 6.33 Å². The molecule has 5 heteroatoms. The summed E-state index contributed by atoms with van der Waals surface area (Å²) in [5.74, 6) is 0. The highest BCUT2D eigenvalue weighted by atomic mass is 15.1. The number of hydrogen-bond donors (Lipinski definition) is 0.